The Morgan fingerprint density at radius 2 is 1.97 bits per heavy atom. The second-order valence-corrected chi connectivity index (χ2v) is 9.15. The molecule has 0 aliphatic heterocycles. The van der Waals surface area contributed by atoms with Gasteiger partial charge in [0.1, 0.15) is 17.3 Å². The lowest BCUT2D eigenvalue weighted by Gasteiger charge is -2.09. The fourth-order valence-corrected chi connectivity index (χ4v) is 4.34. The third-order valence-electron chi connectivity index (χ3n) is 4.34. The lowest BCUT2D eigenvalue weighted by Crippen LogP contribution is -2.30. The van der Waals surface area contributed by atoms with Crippen LogP contribution >= 0.6 is 11.6 Å². The van der Waals surface area contributed by atoms with Gasteiger partial charge in [0.05, 0.1) is 18.6 Å². The fourth-order valence-electron chi connectivity index (χ4n) is 2.86. The number of carbonyl (C=O) groups is 1. The molecule has 0 aliphatic carbocycles. The van der Waals surface area contributed by atoms with Gasteiger partial charge in [0.2, 0.25) is 11.8 Å². The Morgan fingerprint density at radius 1 is 1.20 bits per heavy atom. The molecule has 30 heavy (non-hydrogen) atoms. The van der Waals surface area contributed by atoms with Crippen molar-refractivity contribution in [1.29, 1.82) is 0 Å². The number of benzene rings is 2. The summed E-state index contributed by atoms with van der Waals surface area (Å²) < 4.78 is 35.8. The molecule has 1 N–H and O–H groups in total. The molecule has 0 spiro atoms. The van der Waals surface area contributed by atoms with Crippen LogP contribution in [0.2, 0.25) is 5.02 Å². The molecule has 158 valence electrons. The molecule has 0 atom stereocenters. The summed E-state index contributed by atoms with van der Waals surface area (Å²) in [4.78, 5) is 16.5. The molecular formula is C21H21ClN2O5S. The van der Waals surface area contributed by atoms with Crippen LogP contribution in [0.15, 0.2) is 52.9 Å². The molecule has 0 bridgehead atoms. The number of ether oxygens (including phenoxy) is 1. The largest absolute Gasteiger partial charge is 0.496 e. The first kappa shape index (κ1) is 21.9. The van der Waals surface area contributed by atoms with E-state index >= 15 is 0 Å². The summed E-state index contributed by atoms with van der Waals surface area (Å²) in [5.74, 6) is -0.375. The Labute approximate surface area is 180 Å². The van der Waals surface area contributed by atoms with Gasteiger partial charge in [-0.15, -0.1) is 0 Å². The van der Waals surface area contributed by atoms with Gasteiger partial charge in [-0.2, -0.15) is 0 Å². The number of aromatic nitrogens is 1. The second-order valence-electron chi connectivity index (χ2n) is 6.65. The quantitative estimate of drug-likeness (QED) is 0.566. The highest BCUT2D eigenvalue weighted by Gasteiger charge is 2.22. The first-order valence-electron chi connectivity index (χ1n) is 9.08. The average Bonchev–Trinajstić information content (AvgIpc) is 3.06. The van der Waals surface area contributed by atoms with E-state index in [0.717, 1.165) is 5.56 Å². The number of nitrogens with zero attached hydrogens (tertiary/aromatic N) is 1. The predicted molar refractivity (Wildman–Crippen MR) is 114 cm³/mol. The van der Waals surface area contributed by atoms with Crippen LogP contribution in [-0.2, 0) is 26.9 Å². The molecular weight excluding hydrogens is 428 g/mol. The summed E-state index contributed by atoms with van der Waals surface area (Å²) in [5, 5.41) is 3.13. The molecule has 0 saturated carbocycles. The number of amides is 1. The molecule has 3 rings (SSSR count). The summed E-state index contributed by atoms with van der Waals surface area (Å²) in [6.07, 6.45) is 0. The van der Waals surface area contributed by atoms with Crippen LogP contribution in [0.5, 0.6) is 5.75 Å². The van der Waals surface area contributed by atoms with Crippen molar-refractivity contribution in [1.82, 2.24) is 10.3 Å². The maximum atomic E-state index is 12.5. The lowest BCUT2D eigenvalue weighted by molar-refractivity contribution is -0.118. The number of para-hydroxylation sites is 1. The minimum atomic E-state index is -3.75. The van der Waals surface area contributed by atoms with Gasteiger partial charge in [0.15, 0.2) is 9.84 Å². The second kappa shape index (κ2) is 9.32. The van der Waals surface area contributed by atoms with Crippen LogP contribution in [0.3, 0.4) is 0 Å². The van der Waals surface area contributed by atoms with Crippen LogP contribution in [0.1, 0.15) is 17.0 Å². The third kappa shape index (κ3) is 5.61. The van der Waals surface area contributed by atoms with Crippen molar-refractivity contribution in [2.24, 2.45) is 0 Å². The molecule has 0 aliphatic rings. The van der Waals surface area contributed by atoms with Crippen LogP contribution in [0.25, 0.3) is 11.5 Å². The maximum absolute atomic E-state index is 12.5. The number of nitrogens with one attached hydrogen (secondary N) is 1. The summed E-state index contributed by atoms with van der Waals surface area (Å²) in [5.41, 5.74) is 1.66. The monoisotopic (exact) mass is 448 g/mol. The zero-order valence-electron chi connectivity index (χ0n) is 16.5. The van der Waals surface area contributed by atoms with E-state index in [2.05, 4.69) is 10.3 Å². The highest BCUT2D eigenvalue weighted by molar-refractivity contribution is 7.91. The van der Waals surface area contributed by atoms with Crippen molar-refractivity contribution in [3.05, 3.63) is 70.6 Å². The van der Waals surface area contributed by atoms with E-state index in [-0.39, 0.29) is 18.1 Å². The van der Waals surface area contributed by atoms with E-state index < -0.39 is 27.3 Å². The number of carbonyl (C=O) groups excluding carboxylic acids is 1. The number of sulfone groups is 1. The molecule has 1 heterocycles. The summed E-state index contributed by atoms with van der Waals surface area (Å²) >= 11 is 5.98. The number of hydrogen-bond donors (Lipinski definition) is 1. The van der Waals surface area contributed by atoms with Crippen LogP contribution in [-0.4, -0.2) is 32.2 Å². The Hall–Kier alpha value is -2.84. The summed E-state index contributed by atoms with van der Waals surface area (Å²) in [6, 6.07) is 14.1. The standard InChI is InChI=1S/C21H21ClN2O5S/c1-14-18(24-21(29-14)15-7-5-8-17(22)10-15)12-30(26,27)13-20(25)23-11-16-6-3-4-9-19(16)28-2/h3-10H,11-13H2,1-2H3,(H,23,25). The number of hydrogen-bond acceptors (Lipinski definition) is 6. The van der Waals surface area contributed by atoms with Crippen LogP contribution in [0.4, 0.5) is 0 Å². The van der Waals surface area contributed by atoms with Crippen molar-refractivity contribution >= 4 is 27.3 Å². The van der Waals surface area contributed by atoms with Gasteiger partial charge < -0.3 is 14.5 Å². The Balaban J connectivity index is 1.64. The minimum absolute atomic E-state index is 0.167. The normalized spacial score (nSPS) is 11.3. The first-order valence-corrected chi connectivity index (χ1v) is 11.3. The summed E-state index contributed by atoms with van der Waals surface area (Å²) in [6.45, 7) is 1.80. The molecule has 0 saturated heterocycles. The van der Waals surface area contributed by atoms with Gasteiger partial charge >= 0.3 is 0 Å². The molecule has 1 amide bonds. The molecule has 9 heteroatoms. The van der Waals surface area contributed by atoms with Gasteiger partial charge in [0.25, 0.3) is 0 Å². The fraction of sp³-hybridized carbons (Fsp3) is 0.238. The molecule has 0 radical (unpaired) electrons. The zero-order valence-corrected chi connectivity index (χ0v) is 18.1. The van der Waals surface area contributed by atoms with Gasteiger partial charge in [-0.3, -0.25) is 4.79 Å². The topological polar surface area (TPSA) is 98.5 Å². The van der Waals surface area contributed by atoms with Gasteiger partial charge in [-0.05, 0) is 31.2 Å². The van der Waals surface area contributed by atoms with Gasteiger partial charge in [-0.1, -0.05) is 35.9 Å². The van der Waals surface area contributed by atoms with E-state index in [0.29, 0.717) is 22.1 Å². The Kier molecular flexibility index (Phi) is 6.79. The zero-order chi connectivity index (χ0) is 21.7. The Morgan fingerprint density at radius 3 is 2.70 bits per heavy atom. The van der Waals surface area contributed by atoms with Crippen LogP contribution in [0, 0.1) is 6.92 Å². The SMILES string of the molecule is COc1ccccc1CNC(=O)CS(=O)(=O)Cc1nc(-c2cccc(Cl)c2)oc1C. The number of methoxy groups -OCH3 is 1. The molecule has 3 aromatic rings. The molecule has 7 nitrogen and oxygen atoms in total. The van der Waals surface area contributed by atoms with E-state index in [1.54, 1.807) is 43.3 Å². The molecule has 1 aromatic heterocycles. The predicted octanol–water partition coefficient (Wildman–Crippen LogP) is 3.54. The molecule has 2 aromatic carbocycles. The number of oxazole rings is 1. The molecule has 0 unspecified atom stereocenters. The highest BCUT2D eigenvalue weighted by Crippen LogP contribution is 2.25. The van der Waals surface area contributed by atoms with Crippen molar-refractivity contribution < 1.29 is 22.4 Å². The van der Waals surface area contributed by atoms with E-state index in [9.17, 15) is 13.2 Å². The number of aryl methyl sites for hydroxylation is 1. The van der Waals surface area contributed by atoms with Gasteiger partial charge in [0, 0.05) is 22.7 Å². The van der Waals surface area contributed by atoms with E-state index in [1.807, 2.05) is 12.1 Å². The third-order valence-corrected chi connectivity index (χ3v) is 5.99. The Bertz CT molecular complexity index is 1160. The smallest absolute Gasteiger partial charge is 0.235 e. The number of halogens is 1. The van der Waals surface area contributed by atoms with E-state index in [1.165, 1.54) is 7.11 Å². The first-order chi connectivity index (χ1) is 14.3. The van der Waals surface area contributed by atoms with E-state index in [4.69, 9.17) is 20.8 Å². The van der Waals surface area contributed by atoms with Crippen molar-refractivity contribution in [2.75, 3.05) is 12.9 Å². The molecule has 0 fully saturated rings. The highest BCUT2D eigenvalue weighted by atomic mass is 35.5. The van der Waals surface area contributed by atoms with Crippen molar-refractivity contribution in [2.45, 2.75) is 19.2 Å². The van der Waals surface area contributed by atoms with Gasteiger partial charge in [-0.25, -0.2) is 13.4 Å². The van der Waals surface area contributed by atoms with Crippen molar-refractivity contribution in [3.63, 3.8) is 0 Å². The number of rotatable bonds is 8. The van der Waals surface area contributed by atoms with Crippen LogP contribution < -0.4 is 10.1 Å². The average molecular weight is 449 g/mol. The lowest BCUT2D eigenvalue weighted by atomic mass is 10.2. The summed E-state index contributed by atoms with van der Waals surface area (Å²) in [7, 11) is -2.21. The maximum Gasteiger partial charge on any atom is 0.235 e. The minimum Gasteiger partial charge on any atom is -0.496 e. The van der Waals surface area contributed by atoms with Crippen molar-refractivity contribution in [3.8, 4) is 17.2 Å².